The van der Waals surface area contributed by atoms with Crippen molar-refractivity contribution < 1.29 is 35.9 Å². The monoisotopic (exact) mass is 418 g/mol. The molecule has 152 valence electrons. The zero-order valence-electron chi connectivity index (χ0n) is 14.8. The first kappa shape index (κ1) is 21.8. The highest BCUT2D eigenvalue weighted by molar-refractivity contribution is 7.90. The minimum Gasteiger partial charge on any atom is -0.401 e. The Morgan fingerprint density at radius 1 is 1.14 bits per heavy atom. The second-order valence-corrected chi connectivity index (χ2v) is 7.69. The third kappa shape index (κ3) is 6.89. The Balaban J connectivity index is 2.01. The molecule has 1 aromatic heterocycles. The minimum absolute atomic E-state index is 0.115. The molecule has 0 radical (unpaired) electrons. The van der Waals surface area contributed by atoms with Gasteiger partial charge in [-0.05, 0) is 18.4 Å². The maximum atomic E-state index is 12.3. The molecule has 0 N–H and O–H groups in total. The number of nitrogens with zero attached hydrogens (tertiary/aromatic N) is 2. The molecule has 0 aliphatic carbocycles. The van der Waals surface area contributed by atoms with Gasteiger partial charge in [0.2, 0.25) is 20.9 Å². The predicted molar refractivity (Wildman–Crippen MR) is 91.3 cm³/mol. The average Bonchev–Trinajstić information content (AvgIpc) is 2.60. The summed E-state index contributed by atoms with van der Waals surface area (Å²) in [6, 6.07) is 10.4. The van der Waals surface area contributed by atoms with Crippen molar-refractivity contribution >= 4 is 15.8 Å². The molecule has 0 saturated heterocycles. The van der Waals surface area contributed by atoms with Gasteiger partial charge in [0.25, 0.3) is 0 Å². The van der Waals surface area contributed by atoms with Gasteiger partial charge in [0, 0.05) is 24.6 Å². The van der Waals surface area contributed by atoms with Gasteiger partial charge in [-0.3, -0.25) is 0 Å². The molecular formula is C17H17F3N2O5S. The molecule has 0 fully saturated rings. The SMILES string of the molecule is CS(=O)(=O)c1nc(CCCOCc2ccccc2)cc(OC(=O)C(F)(F)F)n1. The zero-order valence-corrected chi connectivity index (χ0v) is 15.6. The molecule has 0 atom stereocenters. The van der Waals surface area contributed by atoms with Crippen LogP contribution in [0.5, 0.6) is 5.88 Å². The van der Waals surface area contributed by atoms with Gasteiger partial charge in [-0.1, -0.05) is 30.3 Å². The third-order valence-corrected chi connectivity index (χ3v) is 4.17. The maximum absolute atomic E-state index is 12.3. The summed E-state index contributed by atoms with van der Waals surface area (Å²) in [6.07, 6.45) is -3.83. The second kappa shape index (κ2) is 9.11. The van der Waals surface area contributed by atoms with E-state index in [0.29, 0.717) is 19.6 Å². The van der Waals surface area contributed by atoms with Crippen molar-refractivity contribution in [2.45, 2.75) is 30.8 Å². The van der Waals surface area contributed by atoms with Gasteiger partial charge < -0.3 is 9.47 Å². The standard InChI is InChI=1S/C17H17F3N2O5S/c1-28(24,25)16-21-13(10-14(22-16)27-15(23)17(18,19)20)8-5-9-26-11-12-6-3-2-4-7-12/h2-4,6-7,10H,5,8-9,11H2,1H3. The first-order chi connectivity index (χ1) is 13.1. The van der Waals surface area contributed by atoms with Gasteiger partial charge in [-0.2, -0.15) is 18.2 Å². The number of halogens is 3. The molecule has 11 heteroatoms. The number of esters is 1. The number of sulfone groups is 1. The molecule has 1 aromatic carbocycles. The molecule has 7 nitrogen and oxygen atoms in total. The van der Waals surface area contributed by atoms with Crippen LogP contribution in [0.3, 0.4) is 0 Å². The van der Waals surface area contributed by atoms with Gasteiger partial charge in [-0.15, -0.1) is 0 Å². The highest BCUT2D eigenvalue weighted by atomic mass is 32.2. The molecule has 0 spiro atoms. The summed E-state index contributed by atoms with van der Waals surface area (Å²) in [5, 5.41) is -0.722. The molecule has 2 aromatic rings. The van der Waals surface area contributed by atoms with E-state index in [1.807, 2.05) is 30.3 Å². The first-order valence-corrected chi connectivity index (χ1v) is 9.93. The fraction of sp³-hybridized carbons (Fsp3) is 0.353. The van der Waals surface area contributed by atoms with Gasteiger partial charge >= 0.3 is 12.1 Å². The van der Waals surface area contributed by atoms with Crippen LogP contribution >= 0.6 is 0 Å². The zero-order chi connectivity index (χ0) is 20.8. The van der Waals surface area contributed by atoms with E-state index in [0.717, 1.165) is 17.9 Å². The maximum Gasteiger partial charge on any atom is 0.491 e. The van der Waals surface area contributed by atoms with Gasteiger partial charge in [0.1, 0.15) is 0 Å². The quantitative estimate of drug-likeness (QED) is 0.369. The Hall–Kier alpha value is -2.53. The third-order valence-electron chi connectivity index (χ3n) is 3.33. The van der Waals surface area contributed by atoms with E-state index in [-0.39, 0.29) is 12.1 Å². The van der Waals surface area contributed by atoms with Crippen molar-refractivity contribution in [1.82, 2.24) is 9.97 Å². The molecule has 28 heavy (non-hydrogen) atoms. The van der Waals surface area contributed by atoms with Crippen LogP contribution < -0.4 is 4.74 Å². The normalized spacial score (nSPS) is 12.0. The molecule has 0 aliphatic rings. The van der Waals surface area contributed by atoms with Gasteiger partial charge in [-0.25, -0.2) is 18.2 Å². The Morgan fingerprint density at radius 2 is 1.82 bits per heavy atom. The summed E-state index contributed by atoms with van der Waals surface area (Å²) in [6.45, 7) is 0.693. The molecule has 0 unspecified atom stereocenters. The summed E-state index contributed by atoms with van der Waals surface area (Å²) in [5.41, 5.74) is 1.09. The summed E-state index contributed by atoms with van der Waals surface area (Å²) >= 11 is 0. The lowest BCUT2D eigenvalue weighted by molar-refractivity contribution is -0.190. The van der Waals surface area contributed by atoms with Gasteiger partial charge in [0.05, 0.1) is 6.61 Å². The smallest absolute Gasteiger partial charge is 0.401 e. The van der Waals surface area contributed by atoms with E-state index in [9.17, 15) is 26.4 Å². The van der Waals surface area contributed by atoms with Crippen molar-refractivity contribution in [3.05, 3.63) is 47.7 Å². The molecular weight excluding hydrogens is 401 g/mol. The predicted octanol–water partition coefficient (Wildman–Crippen LogP) is 2.50. The number of hydrogen-bond acceptors (Lipinski definition) is 7. The van der Waals surface area contributed by atoms with Crippen molar-refractivity contribution in [3.63, 3.8) is 0 Å². The summed E-state index contributed by atoms with van der Waals surface area (Å²) in [4.78, 5) is 18.1. The van der Waals surface area contributed by atoms with E-state index in [2.05, 4.69) is 14.7 Å². The lowest BCUT2D eigenvalue weighted by Crippen LogP contribution is -2.28. The number of aryl methyl sites for hydroxylation is 1. The largest absolute Gasteiger partial charge is 0.491 e. The molecule has 0 amide bonds. The Bertz CT molecular complexity index is 918. The van der Waals surface area contributed by atoms with E-state index in [4.69, 9.17) is 4.74 Å². The summed E-state index contributed by atoms with van der Waals surface area (Å²) < 4.78 is 69.9. The van der Waals surface area contributed by atoms with E-state index >= 15 is 0 Å². The highest BCUT2D eigenvalue weighted by Gasteiger charge is 2.41. The number of carbonyl (C=O) groups excluding carboxylic acids is 1. The Kier molecular flexibility index (Phi) is 7.08. The van der Waals surface area contributed by atoms with Crippen molar-refractivity contribution in [2.24, 2.45) is 0 Å². The molecule has 0 bridgehead atoms. The number of carbonyl (C=O) groups is 1. The Morgan fingerprint density at radius 3 is 2.43 bits per heavy atom. The highest BCUT2D eigenvalue weighted by Crippen LogP contribution is 2.20. The number of benzene rings is 1. The lowest BCUT2D eigenvalue weighted by Gasteiger charge is -2.09. The number of alkyl halides is 3. The number of rotatable bonds is 8. The Labute approximate surface area is 159 Å². The van der Waals surface area contributed by atoms with Crippen molar-refractivity contribution in [1.29, 1.82) is 0 Å². The van der Waals surface area contributed by atoms with Crippen LogP contribution in [-0.2, 0) is 32.4 Å². The molecule has 1 heterocycles. The fourth-order valence-electron chi connectivity index (χ4n) is 2.07. The summed E-state index contributed by atoms with van der Waals surface area (Å²) in [5.74, 6) is -3.28. The van der Waals surface area contributed by atoms with Crippen LogP contribution in [0.15, 0.2) is 41.6 Å². The first-order valence-electron chi connectivity index (χ1n) is 8.04. The van der Waals surface area contributed by atoms with Crippen LogP contribution in [0.25, 0.3) is 0 Å². The van der Waals surface area contributed by atoms with Crippen LogP contribution in [0.2, 0.25) is 0 Å². The van der Waals surface area contributed by atoms with Crippen LogP contribution in [0.1, 0.15) is 17.7 Å². The summed E-state index contributed by atoms with van der Waals surface area (Å²) in [7, 11) is -3.92. The molecule has 0 aliphatic heterocycles. The van der Waals surface area contributed by atoms with Crippen molar-refractivity contribution in [2.75, 3.05) is 12.9 Å². The number of hydrogen-bond donors (Lipinski definition) is 0. The number of aromatic nitrogens is 2. The minimum atomic E-state index is -5.23. The fourth-order valence-corrected chi connectivity index (χ4v) is 2.61. The lowest BCUT2D eigenvalue weighted by atomic mass is 10.2. The van der Waals surface area contributed by atoms with Crippen molar-refractivity contribution in [3.8, 4) is 5.88 Å². The van der Waals surface area contributed by atoms with E-state index in [1.165, 1.54) is 0 Å². The van der Waals surface area contributed by atoms with Crippen LogP contribution in [0.4, 0.5) is 13.2 Å². The topological polar surface area (TPSA) is 95.5 Å². The molecule has 0 saturated carbocycles. The van der Waals surface area contributed by atoms with Gasteiger partial charge in [0.15, 0.2) is 0 Å². The average molecular weight is 418 g/mol. The number of ether oxygens (including phenoxy) is 2. The molecule has 2 rings (SSSR count). The van der Waals surface area contributed by atoms with E-state index < -0.39 is 33.0 Å². The van der Waals surface area contributed by atoms with E-state index in [1.54, 1.807) is 0 Å². The van der Waals surface area contributed by atoms with Crippen LogP contribution in [-0.4, -0.2) is 43.4 Å². The second-order valence-electron chi connectivity index (χ2n) is 5.78. The van der Waals surface area contributed by atoms with Crippen LogP contribution in [0, 0.1) is 0 Å².